The van der Waals surface area contributed by atoms with Gasteiger partial charge in [-0.1, -0.05) is 32.0 Å². The van der Waals surface area contributed by atoms with E-state index in [9.17, 15) is 0 Å². The third-order valence-corrected chi connectivity index (χ3v) is 3.01. The standard InChI is InChI=1S/C16H20N2/c1-13(2)14-6-8-16(9-7-14)18-12-10-15-5-3-4-11-17-15/h3-9,11,13,18H,10,12H2,1-2H3. The van der Waals surface area contributed by atoms with Crippen LogP contribution in [0.5, 0.6) is 0 Å². The topological polar surface area (TPSA) is 24.9 Å². The zero-order valence-electron chi connectivity index (χ0n) is 11.1. The zero-order chi connectivity index (χ0) is 12.8. The van der Waals surface area contributed by atoms with Gasteiger partial charge in [-0.15, -0.1) is 0 Å². The Morgan fingerprint density at radius 3 is 2.44 bits per heavy atom. The minimum atomic E-state index is 0.590. The summed E-state index contributed by atoms with van der Waals surface area (Å²) in [6.07, 6.45) is 2.79. The molecular formula is C16H20N2. The number of benzene rings is 1. The summed E-state index contributed by atoms with van der Waals surface area (Å²) in [6, 6.07) is 14.7. The lowest BCUT2D eigenvalue weighted by Gasteiger charge is -2.09. The van der Waals surface area contributed by atoms with Gasteiger partial charge in [0.25, 0.3) is 0 Å². The van der Waals surface area contributed by atoms with Gasteiger partial charge in [-0.05, 0) is 35.7 Å². The predicted octanol–water partition coefficient (Wildman–Crippen LogP) is 3.86. The van der Waals surface area contributed by atoms with E-state index in [1.165, 1.54) is 11.3 Å². The summed E-state index contributed by atoms with van der Waals surface area (Å²) in [6.45, 7) is 5.34. The van der Waals surface area contributed by atoms with Crippen molar-refractivity contribution in [3.8, 4) is 0 Å². The summed E-state index contributed by atoms with van der Waals surface area (Å²) in [4.78, 5) is 4.31. The molecule has 0 bridgehead atoms. The summed E-state index contributed by atoms with van der Waals surface area (Å²) in [5.74, 6) is 0.590. The Morgan fingerprint density at radius 1 is 1.06 bits per heavy atom. The first-order valence-corrected chi connectivity index (χ1v) is 6.49. The lowest BCUT2D eigenvalue weighted by Crippen LogP contribution is -2.05. The van der Waals surface area contributed by atoms with Crippen LogP contribution >= 0.6 is 0 Å². The van der Waals surface area contributed by atoms with Gasteiger partial charge in [-0.3, -0.25) is 4.98 Å². The summed E-state index contributed by atoms with van der Waals surface area (Å²) >= 11 is 0. The molecule has 0 aliphatic carbocycles. The van der Waals surface area contributed by atoms with Gasteiger partial charge in [-0.2, -0.15) is 0 Å². The summed E-state index contributed by atoms with van der Waals surface area (Å²) in [7, 11) is 0. The highest BCUT2D eigenvalue weighted by molar-refractivity contribution is 5.45. The molecule has 1 aromatic heterocycles. The van der Waals surface area contributed by atoms with E-state index in [2.05, 4.69) is 54.5 Å². The van der Waals surface area contributed by atoms with Crippen molar-refractivity contribution >= 4 is 5.69 Å². The minimum Gasteiger partial charge on any atom is -0.385 e. The van der Waals surface area contributed by atoms with Crippen LogP contribution in [-0.2, 0) is 6.42 Å². The maximum Gasteiger partial charge on any atom is 0.0421 e. The molecule has 18 heavy (non-hydrogen) atoms. The van der Waals surface area contributed by atoms with Crippen LogP contribution in [0.15, 0.2) is 48.7 Å². The second-order valence-electron chi connectivity index (χ2n) is 4.77. The molecule has 0 atom stereocenters. The second kappa shape index (κ2) is 6.20. The molecule has 0 aliphatic heterocycles. The Kier molecular flexibility index (Phi) is 4.35. The number of nitrogens with zero attached hydrogens (tertiary/aromatic N) is 1. The summed E-state index contributed by atoms with van der Waals surface area (Å²) < 4.78 is 0. The van der Waals surface area contributed by atoms with Crippen LogP contribution < -0.4 is 5.32 Å². The Balaban J connectivity index is 1.83. The molecule has 2 rings (SSSR count). The van der Waals surface area contributed by atoms with Crippen LogP contribution in [0.4, 0.5) is 5.69 Å². The van der Waals surface area contributed by atoms with E-state index in [4.69, 9.17) is 0 Å². The highest BCUT2D eigenvalue weighted by Gasteiger charge is 1.98. The molecule has 2 heteroatoms. The van der Waals surface area contributed by atoms with Gasteiger partial charge < -0.3 is 5.32 Å². The molecule has 94 valence electrons. The molecule has 1 aromatic carbocycles. The van der Waals surface area contributed by atoms with Crippen molar-refractivity contribution in [1.82, 2.24) is 4.98 Å². The quantitative estimate of drug-likeness (QED) is 0.858. The molecule has 0 amide bonds. The van der Waals surface area contributed by atoms with Crippen molar-refractivity contribution in [3.63, 3.8) is 0 Å². The number of hydrogen-bond donors (Lipinski definition) is 1. The maximum absolute atomic E-state index is 4.31. The van der Waals surface area contributed by atoms with Gasteiger partial charge in [0.15, 0.2) is 0 Å². The van der Waals surface area contributed by atoms with E-state index in [-0.39, 0.29) is 0 Å². The summed E-state index contributed by atoms with van der Waals surface area (Å²) in [5.41, 5.74) is 3.68. The number of nitrogens with one attached hydrogen (secondary N) is 1. The first kappa shape index (κ1) is 12.6. The first-order chi connectivity index (χ1) is 8.75. The molecule has 0 radical (unpaired) electrons. The van der Waals surface area contributed by atoms with Crippen molar-refractivity contribution in [2.24, 2.45) is 0 Å². The van der Waals surface area contributed by atoms with Crippen molar-refractivity contribution in [1.29, 1.82) is 0 Å². The minimum absolute atomic E-state index is 0.590. The number of anilines is 1. The summed E-state index contributed by atoms with van der Waals surface area (Å²) in [5, 5.41) is 3.42. The fourth-order valence-electron chi connectivity index (χ4n) is 1.87. The van der Waals surface area contributed by atoms with Gasteiger partial charge in [0.05, 0.1) is 0 Å². The number of pyridine rings is 1. The smallest absolute Gasteiger partial charge is 0.0421 e. The molecule has 1 N–H and O–H groups in total. The second-order valence-corrected chi connectivity index (χ2v) is 4.77. The average molecular weight is 240 g/mol. The Bertz CT molecular complexity index is 460. The van der Waals surface area contributed by atoms with Crippen molar-refractivity contribution in [3.05, 3.63) is 59.9 Å². The molecule has 2 nitrogen and oxygen atoms in total. The van der Waals surface area contributed by atoms with Gasteiger partial charge >= 0.3 is 0 Å². The maximum atomic E-state index is 4.31. The zero-order valence-corrected chi connectivity index (χ0v) is 11.1. The van der Waals surface area contributed by atoms with Crippen LogP contribution in [0.25, 0.3) is 0 Å². The molecule has 0 spiro atoms. The van der Waals surface area contributed by atoms with Gasteiger partial charge in [0, 0.05) is 30.5 Å². The van der Waals surface area contributed by atoms with Crippen LogP contribution in [-0.4, -0.2) is 11.5 Å². The molecule has 0 aliphatic rings. The average Bonchev–Trinajstić information content (AvgIpc) is 2.40. The molecule has 2 aromatic rings. The lowest BCUT2D eigenvalue weighted by molar-refractivity contribution is 0.866. The van der Waals surface area contributed by atoms with E-state index in [1.54, 1.807) is 0 Å². The molecule has 0 unspecified atom stereocenters. The number of hydrogen-bond acceptors (Lipinski definition) is 2. The van der Waals surface area contributed by atoms with Crippen LogP contribution in [0, 0.1) is 0 Å². The SMILES string of the molecule is CC(C)c1ccc(NCCc2ccccn2)cc1. The molecule has 1 heterocycles. The van der Waals surface area contributed by atoms with E-state index < -0.39 is 0 Å². The highest BCUT2D eigenvalue weighted by Crippen LogP contribution is 2.16. The molecule has 0 saturated carbocycles. The van der Waals surface area contributed by atoms with Gasteiger partial charge in [-0.25, -0.2) is 0 Å². The monoisotopic (exact) mass is 240 g/mol. The van der Waals surface area contributed by atoms with E-state index in [1.807, 2.05) is 18.3 Å². The van der Waals surface area contributed by atoms with E-state index in [0.717, 1.165) is 18.7 Å². The Labute approximate surface area is 109 Å². The van der Waals surface area contributed by atoms with Crippen molar-refractivity contribution in [2.45, 2.75) is 26.2 Å². The normalized spacial score (nSPS) is 10.6. The van der Waals surface area contributed by atoms with Crippen LogP contribution in [0.2, 0.25) is 0 Å². The Hall–Kier alpha value is -1.83. The number of aromatic nitrogens is 1. The third kappa shape index (κ3) is 3.59. The molecule has 0 fully saturated rings. The van der Waals surface area contributed by atoms with Crippen LogP contribution in [0.1, 0.15) is 31.0 Å². The van der Waals surface area contributed by atoms with E-state index >= 15 is 0 Å². The van der Waals surface area contributed by atoms with Gasteiger partial charge in [0.2, 0.25) is 0 Å². The first-order valence-electron chi connectivity index (χ1n) is 6.49. The van der Waals surface area contributed by atoms with Gasteiger partial charge in [0.1, 0.15) is 0 Å². The highest BCUT2D eigenvalue weighted by atomic mass is 14.9. The van der Waals surface area contributed by atoms with Crippen LogP contribution in [0.3, 0.4) is 0 Å². The predicted molar refractivity (Wildman–Crippen MR) is 77.0 cm³/mol. The molecular weight excluding hydrogens is 220 g/mol. The number of rotatable bonds is 5. The largest absolute Gasteiger partial charge is 0.385 e. The molecule has 0 saturated heterocycles. The lowest BCUT2D eigenvalue weighted by atomic mass is 10.0. The fraction of sp³-hybridized carbons (Fsp3) is 0.312. The van der Waals surface area contributed by atoms with Crippen molar-refractivity contribution in [2.75, 3.05) is 11.9 Å². The Morgan fingerprint density at radius 2 is 1.83 bits per heavy atom. The third-order valence-electron chi connectivity index (χ3n) is 3.01. The van der Waals surface area contributed by atoms with E-state index in [0.29, 0.717) is 5.92 Å². The fourth-order valence-corrected chi connectivity index (χ4v) is 1.87. The van der Waals surface area contributed by atoms with Crippen molar-refractivity contribution < 1.29 is 0 Å².